The largest absolute Gasteiger partial charge is 0.396 e. The Morgan fingerprint density at radius 3 is 2.37 bits per heavy atom. The van der Waals surface area contributed by atoms with Crippen LogP contribution in [-0.4, -0.2) is 38.3 Å². The summed E-state index contributed by atoms with van der Waals surface area (Å²) >= 11 is 0. The van der Waals surface area contributed by atoms with Crippen LogP contribution in [0.15, 0.2) is 58.8 Å². The number of nitrogens with one attached hydrogen (secondary N) is 1. The molecule has 6 heteroatoms. The van der Waals surface area contributed by atoms with Gasteiger partial charge in [-0.3, -0.25) is 4.79 Å². The molecule has 2 rings (SSSR count). The average Bonchev–Trinajstić information content (AvgIpc) is 2.69. The maximum Gasteiger partial charge on any atom is 0.253 e. The Morgan fingerprint density at radius 1 is 0.963 bits per heavy atom. The number of hydrogen-bond donors (Lipinski definition) is 2. The minimum Gasteiger partial charge on any atom is -0.396 e. The number of azo groups is 1. The van der Waals surface area contributed by atoms with Crippen LogP contribution in [0.2, 0.25) is 0 Å². The van der Waals surface area contributed by atoms with E-state index in [1.165, 1.54) is 0 Å². The van der Waals surface area contributed by atoms with Crippen LogP contribution in [0.5, 0.6) is 0 Å². The zero-order valence-corrected chi connectivity index (χ0v) is 16.1. The Hall–Kier alpha value is -2.73. The summed E-state index contributed by atoms with van der Waals surface area (Å²) in [5, 5.41) is 20.2. The van der Waals surface area contributed by atoms with Gasteiger partial charge in [-0.2, -0.15) is 5.11 Å². The number of carbonyl (C=O) groups excluding carboxylic acids is 1. The van der Waals surface area contributed by atoms with Gasteiger partial charge in [-0.1, -0.05) is 25.0 Å². The Kier molecular flexibility index (Phi) is 8.45. The summed E-state index contributed by atoms with van der Waals surface area (Å²) < 4.78 is 0. The van der Waals surface area contributed by atoms with Crippen LogP contribution in [0, 0.1) is 0 Å². The molecular weight excluding hydrogens is 340 g/mol. The van der Waals surface area contributed by atoms with E-state index in [4.69, 9.17) is 5.11 Å². The van der Waals surface area contributed by atoms with Crippen molar-refractivity contribution >= 4 is 23.0 Å². The third kappa shape index (κ3) is 6.83. The Labute approximate surface area is 160 Å². The quantitative estimate of drug-likeness (QED) is 0.480. The Morgan fingerprint density at radius 2 is 1.67 bits per heavy atom. The van der Waals surface area contributed by atoms with E-state index < -0.39 is 0 Å². The predicted octanol–water partition coefficient (Wildman–Crippen LogP) is 4.45. The van der Waals surface area contributed by atoms with Crippen molar-refractivity contribution in [3.8, 4) is 0 Å². The zero-order chi connectivity index (χ0) is 19.5. The minimum absolute atomic E-state index is 0.144. The summed E-state index contributed by atoms with van der Waals surface area (Å²) in [6, 6.07) is 14.9. The molecule has 0 radical (unpaired) electrons. The van der Waals surface area contributed by atoms with E-state index in [2.05, 4.69) is 15.5 Å². The summed E-state index contributed by atoms with van der Waals surface area (Å²) in [7, 11) is 3.97. The van der Waals surface area contributed by atoms with Gasteiger partial charge in [0.05, 0.1) is 16.9 Å². The van der Waals surface area contributed by atoms with Crippen LogP contribution in [0.1, 0.15) is 36.0 Å². The van der Waals surface area contributed by atoms with E-state index in [0.717, 1.165) is 37.1 Å². The summed E-state index contributed by atoms with van der Waals surface area (Å²) in [5.74, 6) is -0.144. The van der Waals surface area contributed by atoms with Crippen LogP contribution >= 0.6 is 0 Å². The van der Waals surface area contributed by atoms with Gasteiger partial charge in [-0.25, -0.2) is 0 Å². The van der Waals surface area contributed by atoms with Gasteiger partial charge in [0.2, 0.25) is 0 Å². The van der Waals surface area contributed by atoms with Crippen molar-refractivity contribution in [2.24, 2.45) is 10.2 Å². The van der Waals surface area contributed by atoms with Crippen LogP contribution in [-0.2, 0) is 0 Å². The molecule has 2 N–H and O–H groups in total. The second-order valence-electron chi connectivity index (χ2n) is 6.52. The van der Waals surface area contributed by atoms with Gasteiger partial charge in [0.25, 0.3) is 5.91 Å². The van der Waals surface area contributed by atoms with E-state index in [9.17, 15) is 4.79 Å². The molecule has 0 fully saturated rings. The average molecular weight is 368 g/mol. The van der Waals surface area contributed by atoms with Crippen molar-refractivity contribution in [2.75, 3.05) is 32.1 Å². The molecule has 0 heterocycles. The molecule has 2 aromatic rings. The smallest absolute Gasteiger partial charge is 0.253 e. The van der Waals surface area contributed by atoms with Crippen LogP contribution in [0.25, 0.3) is 0 Å². The van der Waals surface area contributed by atoms with Crippen molar-refractivity contribution in [1.82, 2.24) is 5.32 Å². The maximum absolute atomic E-state index is 12.4. The molecule has 0 atom stereocenters. The summed E-state index contributed by atoms with van der Waals surface area (Å²) in [4.78, 5) is 14.4. The lowest BCUT2D eigenvalue weighted by Gasteiger charge is -2.11. The summed E-state index contributed by atoms with van der Waals surface area (Å²) in [5.41, 5.74) is 2.89. The lowest BCUT2D eigenvalue weighted by Crippen LogP contribution is -2.24. The highest BCUT2D eigenvalue weighted by Gasteiger charge is 2.10. The van der Waals surface area contributed by atoms with E-state index in [1.54, 1.807) is 12.1 Å². The Balaban J connectivity index is 1.97. The van der Waals surface area contributed by atoms with Crippen molar-refractivity contribution in [3.05, 3.63) is 54.1 Å². The third-order valence-electron chi connectivity index (χ3n) is 4.16. The molecule has 1 amide bonds. The monoisotopic (exact) mass is 368 g/mol. The number of aliphatic hydroxyl groups is 1. The van der Waals surface area contributed by atoms with Gasteiger partial charge in [-0.05, 0) is 49.2 Å². The van der Waals surface area contributed by atoms with E-state index in [0.29, 0.717) is 17.8 Å². The van der Waals surface area contributed by atoms with Crippen molar-refractivity contribution in [3.63, 3.8) is 0 Å². The van der Waals surface area contributed by atoms with Crippen molar-refractivity contribution < 1.29 is 9.90 Å². The molecule has 0 unspecified atom stereocenters. The van der Waals surface area contributed by atoms with Gasteiger partial charge in [0.15, 0.2) is 0 Å². The molecule has 6 nitrogen and oxygen atoms in total. The number of amides is 1. The van der Waals surface area contributed by atoms with Crippen molar-refractivity contribution in [2.45, 2.75) is 25.7 Å². The van der Waals surface area contributed by atoms with Gasteiger partial charge in [0.1, 0.15) is 0 Å². The van der Waals surface area contributed by atoms with Crippen LogP contribution in [0.4, 0.5) is 17.1 Å². The SMILES string of the molecule is CN(C)c1ccc(N=Nc2ccccc2C(=O)NCCCCCCO)cc1. The first-order chi connectivity index (χ1) is 13.1. The predicted molar refractivity (Wildman–Crippen MR) is 109 cm³/mol. The Bertz CT molecular complexity index is 742. The third-order valence-corrected chi connectivity index (χ3v) is 4.16. The molecule has 0 bridgehead atoms. The van der Waals surface area contributed by atoms with Crippen LogP contribution in [0.3, 0.4) is 0 Å². The fourth-order valence-electron chi connectivity index (χ4n) is 2.57. The first kappa shape index (κ1) is 20.6. The highest BCUT2D eigenvalue weighted by molar-refractivity contribution is 5.98. The molecule has 27 heavy (non-hydrogen) atoms. The number of rotatable bonds is 10. The molecule has 0 aliphatic heterocycles. The molecule has 0 aromatic heterocycles. The van der Waals surface area contributed by atoms with Gasteiger partial charge in [-0.15, -0.1) is 5.11 Å². The van der Waals surface area contributed by atoms with Gasteiger partial charge < -0.3 is 15.3 Å². The number of anilines is 1. The maximum atomic E-state index is 12.4. The molecular formula is C21H28N4O2. The van der Waals surface area contributed by atoms with Gasteiger partial charge in [0, 0.05) is 32.9 Å². The zero-order valence-electron chi connectivity index (χ0n) is 16.1. The number of hydrogen-bond acceptors (Lipinski definition) is 5. The summed E-state index contributed by atoms with van der Waals surface area (Å²) in [6.45, 7) is 0.838. The first-order valence-corrected chi connectivity index (χ1v) is 9.29. The van der Waals surface area contributed by atoms with E-state index in [-0.39, 0.29) is 12.5 Å². The van der Waals surface area contributed by atoms with E-state index >= 15 is 0 Å². The number of benzene rings is 2. The second-order valence-corrected chi connectivity index (χ2v) is 6.52. The highest BCUT2D eigenvalue weighted by atomic mass is 16.2. The lowest BCUT2D eigenvalue weighted by atomic mass is 10.1. The lowest BCUT2D eigenvalue weighted by molar-refractivity contribution is 0.0953. The number of aliphatic hydroxyl groups excluding tert-OH is 1. The molecule has 0 aliphatic carbocycles. The topological polar surface area (TPSA) is 77.3 Å². The standard InChI is InChI=1S/C21H28N4O2/c1-25(2)18-13-11-17(12-14-18)23-24-20-10-6-5-9-19(20)21(27)22-15-7-3-4-8-16-26/h5-6,9-14,26H,3-4,7-8,15-16H2,1-2H3,(H,22,27). The molecule has 2 aromatic carbocycles. The molecule has 144 valence electrons. The molecule has 0 saturated carbocycles. The van der Waals surface area contributed by atoms with E-state index in [1.807, 2.05) is 55.4 Å². The number of carbonyl (C=O) groups is 1. The minimum atomic E-state index is -0.144. The second kappa shape index (κ2) is 11.1. The molecule has 0 saturated heterocycles. The number of nitrogens with zero attached hydrogens (tertiary/aromatic N) is 3. The first-order valence-electron chi connectivity index (χ1n) is 9.29. The molecule has 0 aliphatic rings. The van der Waals surface area contributed by atoms with Gasteiger partial charge >= 0.3 is 0 Å². The van der Waals surface area contributed by atoms with Crippen LogP contribution < -0.4 is 10.2 Å². The fraction of sp³-hybridized carbons (Fsp3) is 0.381. The summed E-state index contributed by atoms with van der Waals surface area (Å²) in [6.07, 6.45) is 3.68. The number of unbranched alkanes of at least 4 members (excludes halogenated alkanes) is 3. The molecule has 0 spiro atoms. The fourth-order valence-corrected chi connectivity index (χ4v) is 2.57. The highest BCUT2D eigenvalue weighted by Crippen LogP contribution is 2.23. The normalized spacial score (nSPS) is 10.9. The van der Waals surface area contributed by atoms with Crippen molar-refractivity contribution in [1.29, 1.82) is 0 Å².